The summed E-state index contributed by atoms with van der Waals surface area (Å²) in [6.07, 6.45) is 0.756. The van der Waals surface area contributed by atoms with Crippen molar-refractivity contribution >= 4 is 21.7 Å². The molecule has 0 radical (unpaired) electrons. The van der Waals surface area contributed by atoms with Gasteiger partial charge in [0.25, 0.3) is 0 Å². The molecule has 162 valence electrons. The number of benzene rings is 2. The summed E-state index contributed by atoms with van der Waals surface area (Å²) in [5, 5.41) is 6.30. The average molecular weight is 431 g/mol. The predicted octanol–water partition coefficient (Wildman–Crippen LogP) is 2.53. The first-order valence-corrected chi connectivity index (χ1v) is 12.0. The van der Waals surface area contributed by atoms with Gasteiger partial charge in [0.15, 0.2) is 5.96 Å². The number of nitrogens with one attached hydrogen (secondary N) is 2. The van der Waals surface area contributed by atoms with Gasteiger partial charge < -0.3 is 15.4 Å². The van der Waals surface area contributed by atoms with Crippen LogP contribution in [0, 0.1) is 0 Å². The summed E-state index contributed by atoms with van der Waals surface area (Å²) < 4.78 is 32.8. The highest BCUT2D eigenvalue weighted by molar-refractivity contribution is 7.92. The lowest BCUT2D eigenvalue weighted by molar-refractivity contribution is 0.336. The van der Waals surface area contributed by atoms with Gasteiger partial charge in [-0.15, -0.1) is 0 Å². The third kappa shape index (κ3) is 5.44. The maximum Gasteiger partial charge on any atom is 0.236 e. The van der Waals surface area contributed by atoms with Crippen LogP contribution in [0.4, 0.5) is 5.69 Å². The Morgan fingerprint density at radius 3 is 2.67 bits per heavy atom. The second-order valence-electron chi connectivity index (χ2n) is 6.93. The number of anilines is 1. The lowest BCUT2D eigenvalue weighted by atomic mass is 10.2. The third-order valence-corrected chi connectivity index (χ3v) is 6.63. The SMILES string of the molecule is CCNC(=NCc1ccccc1OCC)NCCS(=O)(=O)N1CCc2ccccc21. The molecule has 0 saturated carbocycles. The molecule has 0 fully saturated rings. The summed E-state index contributed by atoms with van der Waals surface area (Å²) >= 11 is 0. The largest absolute Gasteiger partial charge is 0.494 e. The van der Waals surface area contributed by atoms with Gasteiger partial charge in [0.1, 0.15) is 5.75 Å². The number of fused-ring (bicyclic) bond motifs is 1. The molecule has 0 aromatic heterocycles. The molecule has 2 N–H and O–H groups in total. The molecule has 0 aliphatic carbocycles. The Labute approximate surface area is 179 Å². The highest BCUT2D eigenvalue weighted by Crippen LogP contribution is 2.29. The van der Waals surface area contributed by atoms with Gasteiger partial charge in [-0.25, -0.2) is 13.4 Å². The Balaban J connectivity index is 1.60. The van der Waals surface area contributed by atoms with Crippen molar-refractivity contribution in [3.05, 3.63) is 59.7 Å². The van der Waals surface area contributed by atoms with E-state index in [0.29, 0.717) is 32.2 Å². The van der Waals surface area contributed by atoms with E-state index in [1.165, 1.54) is 4.31 Å². The van der Waals surface area contributed by atoms with Crippen molar-refractivity contribution in [1.82, 2.24) is 10.6 Å². The smallest absolute Gasteiger partial charge is 0.236 e. The van der Waals surface area contributed by atoms with Crippen molar-refractivity contribution < 1.29 is 13.2 Å². The molecular weight excluding hydrogens is 400 g/mol. The van der Waals surface area contributed by atoms with E-state index in [9.17, 15) is 8.42 Å². The number of nitrogens with zero attached hydrogens (tertiary/aromatic N) is 2. The molecule has 2 aromatic carbocycles. The van der Waals surface area contributed by atoms with Gasteiger partial charge in [0, 0.05) is 25.2 Å². The zero-order chi connectivity index (χ0) is 21.4. The monoisotopic (exact) mass is 430 g/mol. The molecule has 0 atom stereocenters. The summed E-state index contributed by atoms with van der Waals surface area (Å²) in [6, 6.07) is 15.5. The quantitative estimate of drug-likeness (QED) is 0.472. The van der Waals surface area contributed by atoms with Crippen molar-refractivity contribution in [2.45, 2.75) is 26.8 Å². The summed E-state index contributed by atoms with van der Waals surface area (Å²) in [7, 11) is -3.40. The van der Waals surface area contributed by atoms with Crippen LogP contribution in [0.5, 0.6) is 5.75 Å². The Morgan fingerprint density at radius 2 is 1.87 bits per heavy atom. The van der Waals surface area contributed by atoms with E-state index in [4.69, 9.17) is 4.74 Å². The van der Waals surface area contributed by atoms with Gasteiger partial charge >= 0.3 is 0 Å². The van der Waals surface area contributed by atoms with Crippen molar-refractivity contribution in [2.75, 3.05) is 36.3 Å². The van der Waals surface area contributed by atoms with E-state index in [1.807, 2.05) is 62.4 Å². The van der Waals surface area contributed by atoms with Crippen LogP contribution in [0.2, 0.25) is 0 Å². The lowest BCUT2D eigenvalue weighted by Crippen LogP contribution is -2.42. The second-order valence-corrected chi connectivity index (χ2v) is 8.94. The molecule has 1 heterocycles. The van der Waals surface area contributed by atoms with Crippen LogP contribution in [0.1, 0.15) is 25.0 Å². The van der Waals surface area contributed by atoms with E-state index in [0.717, 1.165) is 29.0 Å². The third-order valence-electron chi connectivity index (χ3n) is 4.86. The molecule has 30 heavy (non-hydrogen) atoms. The first-order valence-electron chi connectivity index (χ1n) is 10.4. The van der Waals surface area contributed by atoms with E-state index in [-0.39, 0.29) is 12.3 Å². The van der Waals surface area contributed by atoms with Crippen molar-refractivity contribution in [1.29, 1.82) is 0 Å². The number of guanidine groups is 1. The summed E-state index contributed by atoms with van der Waals surface area (Å²) in [6.45, 7) is 6.43. The average Bonchev–Trinajstić information content (AvgIpc) is 3.18. The van der Waals surface area contributed by atoms with Gasteiger partial charge in [-0.3, -0.25) is 4.31 Å². The second kappa shape index (κ2) is 10.3. The molecule has 0 unspecified atom stereocenters. The van der Waals surface area contributed by atoms with Crippen LogP contribution in [0.25, 0.3) is 0 Å². The molecule has 1 aliphatic rings. The van der Waals surface area contributed by atoms with Crippen LogP contribution >= 0.6 is 0 Å². The summed E-state index contributed by atoms with van der Waals surface area (Å²) in [5.74, 6) is 1.40. The molecule has 2 aromatic rings. The first kappa shape index (κ1) is 22.0. The molecule has 8 heteroatoms. The van der Waals surface area contributed by atoms with Gasteiger partial charge in [-0.05, 0) is 38.0 Å². The Kier molecular flexibility index (Phi) is 7.57. The van der Waals surface area contributed by atoms with Gasteiger partial charge in [-0.1, -0.05) is 36.4 Å². The molecule has 0 bridgehead atoms. The maximum atomic E-state index is 12.8. The van der Waals surface area contributed by atoms with E-state index in [2.05, 4.69) is 15.6 Å². The van der Waals surface area contributed by atoms with Gasteiger partial charge in [-0.2, -0.15) is 0 Å². The van der Waals surface area contributed by atoms with Crippen LogP contribution in [0.15, 0.2) is 53.5 Å². The predicted molar refractivity (Wildman–Crippen MR) is 122 cm³/mol. The zero-order valence-corrected chi connectivity index (χ0v) is 18.4. The van der Waals surface area contributed by atoms with Crippen LogP contribution in [-0.2, 0) is 23.0 Å². The fourth-order valence-corrected chi connectivity index (χ4v) is 4.87. The highest BCUT2D eigenvalue weighted by atomic mass is 32.2. The first-order chi connectivity index (χ1) is 14.5. The van der Waals surface area contributed by atoms with Crippen LogP contribution in [0.3, 0.4) is 0 Å². The fourth-order valence-electron chi connectivity index (χ4n) is 3.44. The normalized spacial score (nSPS) is 13.8. The van der Waals surface area contributed by atoms with Crippen LogP contribution in [-0.4, -0.2) is 46.4 Å². The lowest BCUT2D eigenvalue weighted by Gasteiger charge is -2.20. The fraction of sp³-hybridized carbons (Fsp3) is 0.409. The number of para-hydroxylation sites is 2. The van der Waals surface area contributed by atoms with E-state index >= 15 is 0 Å². The molecule has 0 spiro atoms. The highest BCUT2D eigenvalue weighted by Gasteiger charge is 2.28. The molecule has 7 nitrogen and oxygen atoms in total. The number of rotatable bonds is 9. The number of ether oxygens (including phenoxy) is 1. The molecule has 0 saturated heterocycles. The minimum absolute atomic E-state index is 0.00127. The summed E-state index contributed by atoms with van der Waals surface area (Å²) in [4.78, 5) is 4.59. The molecule has 3 rings (SSSR count). The molecular formula is C22H30N4O3S. The number of aliphatic imine (C=N–C) groups is 1. The van der Waals surface area contributed by atoms with E-state index < -0.39 is 10.0 Å². The van der Waals surface area contributed by atoms with Crippen molar-refractivity contribution in [3.63, 3.8) is 0 Å². The van der Waals surface area contributed by atoms with E-state index in [1.54, 1.807) is 0 Å². The Hall–Kier alpha value is -2.74. The van der Waals surface area contributed by atoms with Crippen molar-refractivity contribution in [3.8, 4) is 5.75 Å². The maximum absolute atomic E-state index is 12.8. The van der Waals surface area contributed by atoms with Gasteiger partial charge in [0.05, 0.1) is 24.6 Å². The summed E-state index contributed by atoms with van der Waals surface area (Å²) in [5.41, 5.74) is 2.86. The Morgan fingerprint density at radius 1 is 1.10 bits per heavy atom. The Bertz CT molecular complexity index is 976. The minimum Gasteiger partial charge on any atom is -0.494 e. The minimum atomic E-state index is -3.40. The number of hydrogen-bond donors (Lipinski definition) is 2. The zero-order valence-electron chi connectivity index (χ0n) is 17.6. The number of sulfonamides is 1. The molecule has 1 aliphatic heterocycles. The standard InChI is InChI=1S/C22H30N4O3S/c1-3-23-22(25-17-19-10-6-8-12-21(19)29-4-2)24-14-16-30(27,28)26-15-13-18-9-5-7-11-20(18)26/h5-12H,3-4,13-17H2,1-2H3,(H2,23,24,25). The number of hydrogen-bond acceptors (Lipinski definition) is 4. The molecule has 0 amide bonds. The topological polar surface area (TPSA) is 83.0 Å². The van der Waals surface area contributed by atoms with Crippen molar-refractivity contribution in [2.24, 2.45) is 4.99 Å². The van der Waals surface area contributed by atoms with Crippen LogP contribution < -0.4 is 19.7 Å². The van der Waals surface area contributed by atoms with Gasteiger partial charge in [0.2, 0.25) is 10.0 Å².